The molecule has 0 bridgehead atoms. The van der Waals surface area contributed by atoms with Crippen molar-refractivity contribution in [1.29, 1.82) is 0 Å². The Morgan fingerprint density at radius 2 is 1.96 bits per heavy atom. The van der Waals surface area contributed by atoms with Crippen molar-refractivity contribution in [1.82, 2.24) is 15.5 Å². The zero-order chi connectivity index (χ0) is 17.2. The summed E-state index contributed by atoms with van der Waals surface area (Å²) in [6.45, 7) is 1.58. The molecular formula is C18H26N4OS. The molecule has 24 heavy (non-hydrogen) atoms. The third-order valence-electron chi connectivity index (χ3n) is 3.59. The molecule has 6 heteroatoms. The smallest absolute Gasteiger partial charge is 0.191 e. The average molecular weight is 347 g/mol. The molecule has 2 aromatic rings. The maximum atomic E-state index is 5.53. The van der Waals surface area contributed by atoms with Crippen LogP contribution < -0.4 is 10.6 Å². The van der Waals surface area contributed by atoms with E-state index in [1.54, 1.807) is 13.3 Å². The minimum Gasteiger partial charge on any atom is -0.468 e. The molecule has 1 unspecified atom stereocenters. The predicted molar refractivity (Wildman–Crippen MR) is 102 cm³/mol. The number of furan rings is 1. The number of hydrogen-bond donors (Lipinski definition) is 2. The van der Waals surface area contributed by atoms with Gasteiger partial charge in [-0.1, -0.05) is 18.2 Å². The van der Waals surface area contributed by atoms with E-state index in [0.717, 1.165) is 30.6 Å². The molecule has 2 N–H and O–H groups in total. The quantitative estimate of drug-likeness (QED) is 0.333. The second-order valence-corrected chi connectivity index (χ2v) is 6.70. The van der Waals surface area contributed by atoms with Gasteiger partial charge in [-0.3, -0.25) is 9.89 Å². The summed E-state index contributed by atoms with van der Waals surface area (Å²) in [5.74, 6) is 2.74. The Hall–Kier alpha value is -1.92. The highest BCUT2D eigenvalue weighted by Crippen LogP contribution is 2.17. The van der Waals surface area contributed by atoms with E-state index in [1.807, 2.05) is 44.1 Å². The Bertz CT molecular complexity index is 599. The fourth-order valence-electron chi connectivity index (χ4n) is 2.29. The number of benzene rings is 1. The summed E-state index contributed by atoms with van der Waals surface area (Å²) in [5.41, 5.74) is 0. The van der Waals surface area contributed by atoms with Crippen LogP contribution in [0.5, 0.6) is 0 Å². The third-order valence-corrected chi connectivity index (χ3v) is 4.60. The lowest BCUT2D eigenvalue weighted by Crippen LogP contribution is -2.42. The fraction of sp³-hybridized carbons (Fsp3) is 0.389. The van der Waals surface area contributed by atoms with Gasteiger partial charge < -0.3 is 15.1 Å². The second-order valence-electron chi connectivity index (χ2n) is 5.54. The Morgan fingerprint density at radius 3 is 2.58 bits per heavy atom. The zero-order valence-corrected chi connectivity index (χ0v) is 15.3. The summed E-state index contributed by atoms with van der Waals surface area (Å²) in [6, 6.07) is 14.5. The molecule has 0 amide bonds. The van der Waals surface area contributed by atoms with Crippen LogP contribution in [0.3, 0.4) is 0 Å². The van der Waals surface area contributed by atoms with Gasteiger partial charge in [-0.15, -0.1) is 11.8 Å². The first-order chi connectivity index (χ1) is 11.7. The lowest BCUT2D eigenvalue weighted by molar-refractivity contribution is 0.258. The van der Waals surface area contributed by atoms with Gasteiger partial charge in [0.05, 0.1) is 12.3 Å². The Labute approximate surface area is 148 Å². The maximum Gasteiger partial charge on any atom is 0.191 e. The molecule has 0 spiro atoms. The predicted octanol–water partition coefficient (Wildman–Crippen LogP) is 2.84. The van der Waals surface area contributed by atoms with Gasteiger partial charge in [0, 0.05) is 30.8 Å². The Kier molecular flexibility index (Phi) is 7.71. The molecule has 0 aliphatic carbocycles. The molecule has 1 aromatic heterocycles. The standard InChI is InChI=1S/C18H26N4OS/c1-19-18(20-11-13-24-15-8-5-4-6-9-15)21-14-16(22(2)3)17-10-7-12-23-17/h4-10,12,16H,11,13-14H2,1-3H3,(H2,19,20,21). The van der Waals surface area contributed by atoms with Gasteiger partial charge in [-0.05, 0) is 38.4 Å². The SMILES string of the molecule is CN=C(NCCSc1ccccc1)NCC(c1ccco1)N(C)C. The van der Waals surface area contributed by atoms with Crippen molar-refractivity contribution in [2.24, 2.45) is 4.99 Å². The normalized spacial score (nSPS) is 13.1. The van der Waals surface area contributed by atoms with Gasteiger partial charge in [0.2, 0.25) is 0 Å². The first kappa shape index (κ1) is 18.4. The molecule has 1 heterocycles. The van der Waals surface area contributed by atoms with Gasteiger partial charge >= 0.3 is 0 Å². The first-order valence-electron chi connectivity index (χ1n) is 8.03. The van der Waals surface area contributed by atoms with Crippen LogP contribution in [0.25, 0.3) is 0 Å². The van der Waals surface area contributed by atoms with Crippen LogP contribution in [0.15, 0.2) is 63.0 Å². The zero-order valence-electron chi connectivity index (χ0n) is 14.5. The van der Waals surface area contributed by atoms with Crippen LogP contribution in [0.4, 0.5) is 0 Å². The number of nitrogens with zero attached hydrogens (tertiary/aromatic N) is 2. The Balaban J connectivity index is 1.73. The number of hydrogen-bond acceptors (Lipinski definition) is 4. The van der Waals surface area contributed by atoms with E-state index in [4.69, 9.17) is 4.42 Å². The third kappa shape index (κ3) is 5.94. The molecule has 130 valence electrons. The summed E-state index contributed by atoms with van der Waals surface area (Å²) in [7, 11) is 5.88. The average Bonchev–Trinajstić information content (AvgIpc) is 3.12. The monoisotopic (exact) mass is 346 g/mol. The van der Waals surface area contributed by atoms with Gasteiger partial charge in [0.15, 0.2) is 5.96 Å². The van der Waals surface area contributed by atoms with E-state index in [0.29, 0.717) is 0 Å². The van der Waals surface area contributed by atoms with E-state index < -0.39 is 0 Å². The van der Waals surface area contributed by atoms with E-state index in [-0.39, 0.29) is 6.04 Å². The number of thioether (sulfide) groups is 1. The van der Waals surface area contributed by atoms with Crippen molar-refractivity contribution in [3.63, 3.8) is 0 Å². The molecule has 0 radical (unpaired) electrons. The van der Waals surface area contributed by atoms with Gasteiger partial charge in [-0.2, -0.15) is 0 Å². The number of nitrogens with one attached hydrogen (secondary N) is 2. The van der Waals surface area contributed by atoms with Crippen LogP contribution in [-0.2, 0) is 0 Å². The van der Waals surface area contributed by atoms with Crippen molar-refractivity contribution in [2.75, 3.05) is 40.0 Å². The Morgan fingerprint density at radius 1 is 1.17 bits per heavy atom. The molecule has 1 aromatic carbocycles. The highest BCUT2D eigenvalue weighted by molar-refractivity contribution is 7.99. The van der Waals surface area contributed by atoms with Crippen LogP contribution >= 0.6 is 11.8 Å². The molecule has 5 nitrogen and oxygen atoms in total. The van der Waals surface area contributed by atoms with E-state index in [1.165, 1.54) is 4.90 Å². The summed E-state index contributed by atoms with van der Waals surface area (Å²) < 4.78 is 5.53. The van der Waals surface area contributed by atoms with E-state index in [9.17, 15) is 0 Å². The lowest BCUT2D eigenvalue weighted by Gasteiger charge is -2.23. The minimum atomic E-state index is 0.164. The van der Waals surface area contributed by atoms with Crippen LogP contribution in [0.2, 0.25) is 0 Å². The molecule has 2 rings (SSSR count). The topological polar surface area (TPSA) is 52.8 Å². The van der Waals surface area contributed by atoms with Crippen molar-refractivity contribution < 1.29 is 4.42 Å². The van der Waals surface area contributed by atoms with Crippen molar-refractivity contribution in [3.05, 3.63) is 54.5 Å². The second kappa shape index (κ2) is 10.1. The summed E-state index contributed by atoms with van der Waals surface area (Å²) >= 11 is 1.83. The van der Waals surface area contributed by atoms with Crippen LogP contribution in [-0.4, -0.2) is 50.8 Å². The highest BCUT2D eigenvalue weighted by atomic mass is 32.2. The highest BCUT2D eigenvalue weighted by Gasteiger charge is 2.17. The molecular weight excluding hydrogens is 320 g/mol. The van der Waals surface area contributed by atoms with Gasteiger partial charge in [0.25, 0.3) is 0 Å². The summed E-state index contributed by atoms with van der Waals surface area (Å²) in [6.07, 6.45) is 1.71. The minimum absolute atomic E-state index is 0.164. The maximum absolute atomic E-state index is 5.53. The molecule has 0 saturated heterocycles. The fourth-order valence-corrected chi connectivity index (χ4v) is 3.08. The molecule has 1 atom stereocenters. The van der Waals surface area contributed by atoms with Gasteiger partial charge in [0.1, 0.15) is 5.76 Å². The van der Waals surface area contributed by atoms with E-state index >= 15 is 0 Å². The number of likely N-dealkylation sites (N-methyl/N-ethyl adjacent to an activating group) is 1. The summed E-state index contributed by atoms with van der Waals surface area (Å²) in [4.78, 5) is 7.70. The molecule has 0 fully saturated rings. The molecule has 0 aliphatic rings. The first-order valence-corrected chi connectivity index (χ1v) is 9.01. The number of rotatable bonds is 8. The van der Waals surface area contributed by atoms with Crippen molar-refractivity contribution in [2.45, 2.75) is 10.9 Å². The van der Waals surface area contributed by atoms with Crippen LogP contribution in [0, 0.1) is 0 Å². The van der Waals surface area contributed by atoms with Crippen molar-refractivity contribution in [3.8, 4) is 0 Å². The van der Waals surface area contributed by atoms with E-state index in [2.05, 4.69) is 44.8 Å². The lowest BCUT2D eigenvalue weighted by atomic mass is 10.2. The van der Waals surface area contributed by atoms with Crippen LogP contribution in [0.1, 0.15) is 11.8 Å². The molecule has 0 aliphatic heterocycles. The van der Waals surface area contributed by atoms with Gasteiger partial charge in [-0.25, -0.2) is 0 Å². The van der Waals surface area contributed by atoms with Crippen molar-refractivity contribution >= 4 is 17.7 Å². The number of aliphatic imine (C=N–C) groups is 1. The number of guanidine groups is 1. The largest absolute Gasteiger partial charge is 0.468 e. The molecule has 0 saturated carbocycles. The summed E-state index contributed by atoms with van der Waals surface area (Å²) in [5, 5.41) is 6.71.